The van der Waals surface area contributed by atoms with Gasteiger partial charge < -0.3 is 5.40 Å². The summed E-state index contributed by atoms with van der Waals surface area (Å²) in [6.07, 6.45) is -17.7. The Bertz CT molecular complexity index is 285. The highest BCUT2D eigenvalue weighted by Gasteiger charge is 2.35. The molecule has 0 saturated heterocycles. The van der Waals surface area contributed by atoms with Gasteiger partial charge in [-0.15, -0.1) is 0 Å². The van der Waals surface area contributed by atoms with Crippen molar-refractivity contribution in [2.45, 2.75) is 75.2 Å². The average molecular weight is 377 g/mol. The third-order valence-corrected chi connectivity index (χ3v) is 7.45. The van der Waals surface area contributed by atoms with E-state index >= 15 is 0 Å². The maximum atomic E-state index is 12.1. The van der Waals surface area contributed by atoms with Gasteiger partial charge in [0.15, 0.2) is 0 Å². The number of rotatable bonds is 9. The van der Waals surface area contributed by atoms with Gasteiger partial charge in [0.1, 0.15) is 8.24 Å². The van der Waals surface area contributed by atoms with Crippen LogP contribution in [-0.2, 0) is 0 Å². The molecule has 140 valence electrons. The van der Waals surface area contributed by atoms with Gasteiger partial charge in [0.25, 0.3) is 0 Å². The molecule has 11 heteroatoms. The largest absolute Gasteiger partial charge is 0.389 e. The predicted molar refractivity (Wildman–Crippen MR) is 70.2 cm³/mol. The van der Waals surface area contributed by atoms with Gasteiger partial charge in [0, 0.05) is 19.3 Å². The van der Waals surface area contributed by atoms with Crippen molar-refractivity contribution in [3.05, 3.63) is 0 Å². The highest BCUT2D eigenvalue weighted by Crippen LogP contribution is 2.32. The van der Waals surface area contributed by atoms with Crippen molar-refractivity contribution in [2.75, 3.05) is 0 Å². The molecule has 0 aliphatic heterocycles. The lowest BCUT2D eigenvalue weighted by molar-refractivity contribution is -0.135. The molecule has 0 fully saturated rings. The Morgan fingerprint density at radius 2 is 0.739 bits per heavy atom. The van der Waals surface area contributed by atoms with Crippen LogP contribution in [0.2, 0.25) is 18.1 Å². The van der Waals surface area contributed by atoms with Crippen LogP contribution in [0.3, 0.4) is 0 Å². The summed E-state index contributed by atoms with van der Waals surface area (Å²) in [5, 5.41) is 5.92. The molecular weight excluding hydrogens is 357 g/mol. The van der Waals surface area contributed by atoms with Crippen LogP contribution in [-0.4, -0.2) is 26.8 Å². The standard InChI is InChI=1S/C12H20F9NSi/c13-10(14,15)4-1-7-23(22,8-2-5-11(16,17)18)9-3-6-12(19,20)21/h1-9,22H2. The molecule has 0 bridgehead atoms. The highest BCUT2D eigenvalue weighted by atomic mass is 28.3. The summed E-state index contributed by atoms with van der Waals surface area (Å²) in [4.78, 5) is 0. The molecule has 0 aliphatic carbocycles. The lowest BCUT2D eigenvalue weighted by Crippen LogP contribution is -2.45. The Morgan fingerprint density at radius 1 is 0.522 bits per heavy atom. The smallest absolute Gasteiger partial charge is 0.351 e. The second-order valence-electron chi connectivity index (χ2n) is 5.77. The van der Waals surface area contributed by atoms with Crippen LogP contribution >= 0.6 is 0 Å². The number of halogens is 9. The van der Waals surface area contributed by atoms with E-state index in [9.17, 15) is 39.5 Å². The average Bonchev–Trinajstić information content (AvgIpc) is 2.22. The van der Waals surface area contributed by atoms with Crippen LogP contribution in [0.25, 0.3) is 0 Å². The number of alkyl halides is 9. The fraction of sp³-hybridized carbons (Fsp3) is 1.00. The van der Waals surface area contributed by atoms with Crippen molar-refractivity contribution >= 4 is 8.24 Å². The van der Waals surface area contributed by atoms with Gasteiger partial charge in [-0.1, -0.05) is 0 Å². The van der Waals surface area contributed by atoms with E-state index in [1.807, 2.05) is 0 Å². The predicted octanol–water partition coefficient (Wildman–Crippen LogP) is 5.92. The zero-order chi connectivity index (χ0) is 18.4. The van der Waals surface area contributed by atoms with Crippen LogP contribution < -0.4 is 5.40 Å². The highest BCUT2D eigenvalue weighted by molar-refractivity contribution is 6.76. The van der Waals surface area contributed by atoms with Crippen LogP contribution in [0, 0.1) is 0 Å². The second kappa shape index (κ2) is 8.59. The molecule has 23 heavy (non-hydrogen) atoms. The summed E-state index contributed by atoms with van der Waals surface area (Å²) in [5.41, 5.74) is 0. The van der Waals surface area contributed by atoms with Crippen molar-refractivity contribution < 1.29 is 39.5 Å². The quantitative estimate of drug-likeness (QED) is 0.392. The Morgan fingerprint density at radius 3 is 0.913 bits per heavy atom. The third kappa shape index (κ3) is 14.8. The first-order valence-corrected chi connectivity index (χ1v) is 9.81. The van der Waals surface area contributed by atoms with Gasteiger partial charge in [0.2, 0.25) is 0 Å². The Kier molecular flexibility index (Phi) is 8.42. The molecule has 0 rings (SSSR count). The molecule has 0 spiro atoms. The molecule has 0 radical (unpaired) electrons. The first-order chi connectivity index (χ1) is 10.1. The van der Waals surface area contributed by atoms with Gasteiger partial charge in [0.05, 0.1) is 0 Å². The molecule has 1 nitrogen and oxygen atoms in total. The Labute approximate surface area is 129 Å². The topological polar surface area (TPSA) is 26.0 Å². The molecular formula is C12H20F9NSi. The SMILES string of the molecule is N[Si](CCCC(F)(F)F)(CCCC(F)(F)F)CCCC(F)(F)F. The summed E-state index contributed by atoms with van der Waals surface area (Å²) in [5.74, 6) is 0. The molecule has 0 aromatic heterocycles. The van der Waals surface area contributed by atoms with Crippen LogP contribution in [0.5, 0.6) is 0 Å². The molecule has 0 unspecified atom stereocenters. The monoisotopic (exact) mass is 377 g/mol. The lowest BCUT2D eigenvalue weighted by atomic mass is 10.3. The molecule has 0 aromatic carbocycles. The number of hydrogen-bond acceptors (Lipinski definition) is 1. The lowest BCUT2D eigenvalue weighted by Gasteiger charge is -2.27. The van der Waals surface area contributed by atoms with Gasteiger partial charge in [-0.25, -0.2) is 0 Å². The summed E-state index contributed by atoms with van der Waals surface area (Å²) >= 11 is 0. The van der Waals surface area contributed by atoms with Crippen molar-refractivity contribution in [1.29, 1.82) is 0 Å². The summed E-state index contributed by atoms with van der Waals surface area (Å²) in [6.45, 7) is 0. The normalized spacial score (nSPS) is 14.3. The van der Waals surface area contributed by atoms with Crippen molar-refractivity contribution in [3.63, 3.8) is 0 Å². The van der Waals surface area contributed by atoms with Crippen LogP contribution in [0.1, 0.15) is 38.5 Å². The van der Waals surface area contributed by atoms with Gasteiger partial charge >= 0.3 is 18.5 Å². The summed E-state index contributed by atoms with van der Waals surface area (Å²) in [6, 6.07) is -0.368. The molecule has 0 amide bonds. The van der Waals surface area contributed by atoms with E-state index in [4.69, 9.17) is 5.40 Å². The van der Waals surface area contributed by atoms with E-state index in [1.165, 1.54) is 0 Å². The van der Waals surface area contributed by atoms with Crippen LogP contribution in [0.15, 0.2) is 0 Å². The minimum absolute atomic E-state index is 0.123. The number of nitrogens with two attached hydrogens (primary N) is 1. The zero-order valence-corrected chi connectivity index (χ0v) is 13.3. The molecule has 2 N–H and O–H groups in total. The molecule has 0 aromatic rings. The molecule has 0 atom stereocenters. The zero-order valence-electron chi connectivity index (χ0n) is 12.3. The number of hydrogen-bond donors (Lipinski definition) is 1. The second-order valence-corrected chi connectivity index (χ2v) is 9.99. The Hall–Kier alpha value is -0.453. The minimum atomic E-state index is -4.41. The van der Waals surface area contributed by atoms with Crippen molar-refractivity contribution in [2.24, 2.45) is 5.40 Å². The molecule has 0 saturated carbocycles. The fourth-order valence-electron chi connectivity index (χ4n) is 2.30. The van der Waals surface area contributed by atoms with Gasteiger partial charge in [-0.3, -0.25) is 0 Å². The van der Waals surface area contributed by atoms with Gasteiger partial charge in [-0.2, -0.15) is 39.5 Å². The van der Waals surface area contributed by atoms with Gasteiger partial charge in [-0.05, 0) is 37.4 Å². The van der Waals surface area contributed by atoms with E-state index in [1.54, 1.807) is 0 Å². The van der Waals surface area contributed by atoms with E-state index in [0.29, 0.717) is 0 Å². The molecule has 0 heterocycles. The Balaban J connectivity index is 4.50. The van der Waals surface area contributed by atoms with E-state index in [-0.39, 0.29) is 37.4 Å². The third-order valence-electron chi connectivity index (χ3n) is 3.40. The summed E-state index contributed by atoms with van der Waals surface area (Å²) < 4.78 is 109. The van der Waals surface area contributed by atoms with E-state index < -0.39 is 46.0 Å². The van der Waals surface area contributed by atoms with Crippen molar-refractivity contribution in [3.8, 4) is 0 Å². The molecule has 0 aliphatic rings. The first-order valence-electron chi connectivity index (χ1n) is 7.11. The fourth-order valence-corrected chi connectivity index (χ4v) is 5.69. The summed E-state index contributed by atoms with van der Waals surface area (Å²) in [7, 11) is -3.05. The maximum absolute atomic E-state index is 12.1. The van der Waals surface area contributed by atoms with Crippen LogP contribution in [0.4, 0.5) is 39.5 Å². The van der Waals surface area contributed by atoms with E-state index in [2.05, 4.69) is 0 Å². The first kappa shape index (κ1) is 22.5. The minimum Gasteiger partial charge on any atom is -0.351 e. The van der Waals surface area contributed by atoms with Crippen molar-refractivity contribution in [1.82, 2.24) is 0 Å². The van der Waals surface area contributed by atoms with E-state index in [0.717, 1.165) is 0 Å². The maximum Gasteiger partial charge on any atom is 0.389 e.